The topological polar surface area (TPSA) is 20.3 Å². The lowest BCUT2D eigenvalue weighted by Gasteiger charge is -2.17. The van der Waals surface area contributed by atoms with Crippen LogP contribution in [0.5, 0.6) is 0 Å². The molecule has 3 rings (SSSR count). The van der Waals surface area contributed by atoms with E-state index < -0.39 is 0 Å². The highest BCUT2D eigenvalue weighted by molar-refractivity contribution is 5.76. The first-order chi connectivity index (χ1) is 8.83. The third-order valence-electron chi connectivity index (χ3n) is 4.55. The number of nitrogens with zero attached hydrogens (tertiary/aromatic N) is 1. The second kappa shape index (κ2) is 5.13. The van der Waals surface area contributed by atoms with Gasteiger partial charge in [-0.15, -0.1) is 0 Å². The van der Waals surface area contributed by atoms with Gasteiger partial charge in [-0.05, 0) is 36.7 Å². The zero-order valence-corrected chi connectivity index (χ0v) is 10.8. The molecule has 1 aromatic carbocycles. The molecule has 2 aliphatic rings. The second-order valence-electron chi connectivity index (χ2n) is 5.74. The van der Waals surface area contributed by atoms with Crippen LogP contribution in [-0.4, -0.2) is 23.9 Å². The molecule has 1 saturated heterocycles. The van der Waals surface area contributed by atoms with Gasteiger partial charge in [0.05, 0.1) is 0 Å². The molecule has 0 bridgehead atoms. The number of carbonyl (C=O) groups excluding carboxylic acids is 1. The number of aryl methyl sites for hydroxylation is 1. The number of likely N-dealkylation sites (tertiary alicyclic amines) is 1. The summed E-state index contributed by atoms with van der Waals surface area (Å²) in [6.45, 7) is 2.05. The zero-order chi connectivity index (χ0) is 12.4. The van der Waals surface area contributed by atoms with Gasteiger partial charge in [-0.2, -0.15) is 0 Å². The van der Waals surface area contributed by atoms with Crippen LogP contribution in [0.4, 0.5) is 0 Å². The molecule has 1 heterocycles. The Hall–Kier alpha value is -1.31. The number of benzene rings is 1. The molecular formula is C16H21NO. The highest BCUT2D eigenvalue weighted by atomic mass is 16.2. The minimum absolute atomic E-state index is 0.355. The van der Waals surface area contributed by atoms with Crippen LogP contribution in [0.2, 0.25) is 0 Å². The summed E-state index contributed by atoms with van der Waals surface area (Å²) < 4.78 is 0. The molecule has 2 unspecified atom stereocenters. The van der Waals surface area contributed by atoms with Crippen molar-refractivity contribution >= 4 is 5.91 Å². The van der Waals surface area contributed by atoms with Crippen LogP contribution in [-0.2, 0) is 11.2 Å². The number of hydrogen-bond acceptors (Lipinski definition) is 1. The van der Waals surface area contributed by atoms with Crippen molar-refractivity contribution in [3.8, 4) is 0 Å². The van der Waals surface area contributed by atoms with E-state index in [1.165, 1.54) is 24.8 Å². The smallest absolute Gasteiger partial charge is 0.222 e. The van der Waals surface area contributed by atoms with Crippen molar-refractivity contribution in [2.45, 2.75) is 32.1 Å². The van der Waals surface area contributed by atoms with Crippen molar-refractivity contribution in [3.05, 3.63) is 35.9 Å². The highest BCUT2D eigenvalue weighted by Gasteiger charge is 2.37. The van der Waals surface area contributed by atoms with E-state index in [-0.39, 0.29) is 0 Å². The number of amides is 1. The monoisotopic (exact) mass is 243 g/mol. The molecule has 1 aromatic rings. The van der Waals surface area contributed by atoms with Gasteiger partial charge in [0.2, 0.25) is 5.91 Å². The van der Waals surface area contributed by atoms with E-state index in [2.05, 4.69) is 17.0 Å². The van der Waals surface area contributed by atoms with E-state index in [4.69, 9.17) is 0 Å². The molecule has 2 heteroatoms. The van der Waals surface area contributed by atoms with E-state index in [1.807, 2.05) is 18.2 Å². The molecule has 96 valence electrons. The first-order valence-corrected chi connectivity index (χ1v) is 7.14. The van der Waals surface area contributed by atoms with E-state index in [0.717, 1.165) is 31.3 Å². The molecule has 2 atom stereocenters. The molecule has 2 fully saturated rings. The van der Waals surface area contributed by atoms with Gasteiger partial charge in [0.25, 0.3) is 0 Å². The van der Waals surface area contributed by atoms with Crippen molar-refractivity contribution in [3.63, 3.8) is 0 Å². The Morgan fingerprint density at radius 1 is 1.11 bits per heavy atom. The Bertz CT molecular complexity index is 402. The van der Waals surface area contributed by atoms with Gasteiger partial charge in [0, 0.05) is 19.5 Å². The predicted octanol–water partition coefficient (Wildman–Crippen LogP) is 2.88. The predicted molar refractivity (Wildman–Crippen MR) is 72.2 cm³/mol. The average Bonchev–Trinajstić information content (AvgIpc) is 2.98. The molecule has 0 spiro atoms. The Kier molecular flexibility index (Phi) is 3.35. The first-order valence-electron chi connectivity index (χ1n) is 7.14. The van der Waals surface area contributed by atoms with Crippen LogP contribution >= 0.6 is 0 Å². The van der Waals surface area contributed by atoms with Crippen LogP contribution in [0.1, 0.15) is 31.2 Å². The third kappa shape index (κ3) is 2.43. The molecule has 1 aliphatic carbocycles. The Morgan fingerprint density at radius 3 is 2.44 bits per heavy atom. The summed E-state index contributed by atoms with van der Waals surface area (Å²) in [6.07, 6.45) is 5.61. The summed E-state index contributed by atoms with van der Waals surface area (Å²) in [6, 6.07) is 10.3. The van der Waals surface area contributed by atoms with Crippen LogP contribution < -0.4 is 0 Å². The first kappa shape index (κ1) is 11.8. The SMILES string of the molecule is O=C(CCc1ccccc1)N1CC2CCCC2C1. The number of fused-ring (bicyclic) bond motifs is 1. The Labute approximate surface area is 109 Å². The maximum absolute atomic E-state index is 12.2. The van der Waals surface area contributed by atoms with Crippen LogP contribution in [0.25, 0.3) is 0 Å². The van der Waals surface area contributed by atoms with Gasteiger partial charge < -0.3 is 4.90 Å². The van der Waals surface area contributed by atoms with E-state index >= 15 is 0 Å². The zero-order valence-electron chi connectivity index (χ0n) is 10.8. The fourth-order valence-electron chi connectivity index (χ4n) is 3.49. The minimum Gasteiger partial charge on any atom is -0.342 e. The molecular weight excluding hydrogens is 222 g/mol. The van der Waals surface area contributed by atoms with Gasteiger partial charge in [0.1, 0.15) is 0 Å². The molecule has 0 N–H and O–H groups in total. The van der Waals surface area contributed by atoms with Gasteiger partial charge in [-0.25, -0.2) is 0 Å². The minimum atomic E-state index is 0.355. The van der Waals surface area contributed by atoms with E-state index in [1.54, 1.807) is 0 Å². The lowest BCUT2D eigenvalue weighted by atomic mass is 10.0. The average molecular weight is 243 g/mol. The summed E-state index contributed by atoms with van der Waals surface area (Å²) in [4.78, 5) is 14.3. The molecule has 2 nitrogen and oxygen atoms in total. The Balaban J connectivity index is 1.50. The van der Waals surface area contributed by atoms with Gasteiger partial charge >= 0.3 is 0 Å². The van der Waals surface area contributed by atoms with Crippen LogP contribution in [0.3, 0.4) is 0 Å². The quantitative estimate of drug-likeness (QED) is 0.799. The normalized spacial score (nSPS) is 26.3. The lowest BCUT2D eigenvalue weighted by molar-refractivity contribution is -0.130. The number of carbonyl (C=O) groups is 1. The largest absolute Gasteiger partial charge is 0.342 e. The van der Waals surface area contributed by atoms with Crippen molar-refractivity contribution < 1.29 is 4.79 Å². The van der Waals surface area contributed by atoms with Crippen LogP contribution in [0, 0.1) is 11.8 Å². The highest BCUT2D eigenvalue weighted by Crippen LogP contribution is 2.37. The van der Waals surface area contributed by atoms with Gasteiger partial charge in [-0.3, -0.25) is 4.79 Å². The van der Waals surface area contributed by atoms with Crippen molar-refractivity contribution in [2.75, 3.05) is 13.1 Å². The van der Waals surface area contributed by atoms with Gasteiger partial charge in [0.15, 0.2) is 0 Å². The summed E-state index contributed by atoms with van der Waals surface area (Å²) in [5.74, 6) is 1.98. The molecule has 0 radical (unpaired) electrons. The molecule has 18 heavy (non-hydrogen) atoms. The maximum Gasteiger partial charge on any atom is 0.222 e. The summed E-state index contributed by atoms with van der Waals surface area (Å²) in [5, 5.41) is 0. The summed E-state index contributed by atoms with van der Waals surface area (Å²) >= 11 is 0. The second-order valence-corrected chi connectivity index (χ2v) is 5.74. The molecule has 1 amide bonds. The van der Waals surface area contributed by atoms with Crippen molar-refractivity contribution in [1.29, 1.82) is 0 Å². The Morgan fingerprint density at radius 2 is 1.78 bits per heavy atom. The number of hydrogen-bond donors (Lipinski definition) is 0. The fraction of sp³-hybridized carbons (Fsp3) is 0.562. The maximum atomic E-state index is 12.2. The van der Waals surface area contributed by atoms with E-state index in [9.17, 15) is 4.79 Å². The van der Waals surface area contributed by atoms with Crippen molar-refractivity contribution in [2.24, 2.45) is 11.8 Å². The molecule has 0 aromatic heterocycles. The molecule has 1 aliphatic heterocycles. The summed E-state index contributed by atoms with van der Waals surface area (Å²) in [7, 11) is 0. The number of rotatable bonds is 3. The van der Waals surface area contributed by atoms with E-state index in [0.29, 0.717) is 12.3 Å². The standard InChI is InChI=1S/C16H21NO/c18-16(10-9-13-5-2-1-3-6-13)17-11-14-7-4-8-15(14)12-17/h1-3,5-6,14-15H,4,7-12H2. The van der Waals surface area contributed by atoms with Crippen molar-refractivity contribution in [1.82, 2.24) is 4.90 Å². The fourth-order valence-corrected chi connectivity index (χ4v) is 3.49. The van der Waals surface area contributed by atoms with Crippen LogP contribution in [0.15, 0.2) is 30.3 Å². The van der Waals surface area contributed by atoms with Gasteiger partial charge in [-0.1, -0.05) is 36.8 Å². The summed E-state index contributed by atoms with van der Waals surface area (Å²) in [5.41, 5.74) is 1.27. The molecule has 1 saturated carbocycles. The third-order valence-corrected chi connectivity index (χ3v) is 4.55. The lowest BCUT2D eigenvalue weighted by Crippen LogP contribution is -2.29.